The zero-order chi connectivity index (χ0) is 30.5. The van der Waals surface area contributed by atoms with E-state index in [2.05, 4.69) is 25.6 Å². The summed E-state index contributed by atoms with van der Waals surface area (Å²) in [5.74, 6) is -6.99. The Morgan fingerprint density at radius 2 is 1.81 bits per heavy atom. The van der Waals surface area contributed by atoms with E-state index in [1.165, 1.54) is 0 Å². The SMILES string of the molecule is N=C(OC(N)=NC1N=C(c2ccccc2)c2ccccc2NC1=O)c1nc(C(F)(F)C(F)(F)F)sc1NCCCCO. The van der Waals surface area contributed by atoms with E-state index >= 15 is 0 Å². The summed E-state index contributed by atoms with van der Waals surface area (Å²) >= 11 is -0.00576. The number of nitrogens with two attached hydrogens (primary N) is 1. The predicted molar refractivity (Wildman–Crippen MR) is 147 cm³/mol. The molecule has 2 aromatic carbocycles. The Morgan fingerprint density at radius 3 is 2.50 bits per heavy atom. The molecule has 3 aromatic rings. The van der Waals surface area contributed by atoms with Crippen LogP contribution in [0.25, 0.3) is 0 Å². The first-order valence-electron chi connectivity index (χ1n) is 12.4. The third-order valence-electron chi connectivity index (χ3n) is 5.77. The lowest BCUT2D eigenvalue weighted by molar-refractivity contribution is -0.289. The highest BCUT2D eigenvalue weighted by atomic mass is 32.1. The van der Waals surface area contributed by atoms with Gasteiger partial charge in [0.15, 0.2) is 10.7 Å². The molecule has 42 heavy (non-hydrogen) atoms. The van der Waals surface area contributed by atoms with Crippen LogP contribution < -0.4 is 16.4 Å². The fourth-order valence-corrected chi connectivity index (χ4v) is 4.73. The first-order chi connectivity index (χ1) is 19.9. The number of aliphatic hydroxyl groups is 1. The van der Waals surface area contributed by atoms with Crippen molar-refractivity contribution < 1.29 is 36.6 Å². The first kappa shape index (κ1) is 30.5. The van der Waals surface area contributed by atoms with Gasteiger partial charge in [-0.25, -0.2) is 9.98 Å². The number of unbranched alkanes of at least 4 members (excludes halogenated alkanes) is 1. The van der Waals surface area contributed by atoms with Crippen LogP contribution in [0.5, 0.6) is 0 Å². The standard InChI is InChI=1S/C26H24F5N7O3S/c27-25(28,26(29,30)31)23-37-18(22(42-23)34-12-6-7-13-39)19(32)41-24(33)38-20-21(40)35-16-11-5-4-10-15(16)17(36-20)14-8-2-1-3-9-14/h1-5,8-11,20,32,34,39H,6-7,12-13H2,(H2,33,38)(H,35,40). The summed E-state index contributed by atoms with van der Waals surface area (Å²) in [6.45, 7) is -0.0851. The third kappa shape index (κ3) is 6.71. The van der Waals surface area contributed by atoms with E-state index in [1.807, 2.05) is 0 Å². The number of amides is 1. The van der Waals surface area contributed by atoms with Crippen molar-refractivity contribution in [1.82, 2.24) is 4.98 Å². The number of alkyl halides is 5. The molecule has 1 amide bonds. The highest BCUT2D eigenvalue weighted by Gasteiger charge is 2.61. The van der Waals surface area contributed by atoms with Crippen molar-refractivity contribution in [3.05, 3.63) is 76.4 Å². The van der Waals surface area contributed by atoms with E-state index < -0.39 is 46.8 Å². The number of nitrogens with one attached hydrogen (secondary N) is 3. The van der Waals surface area contributed by atoms with Gasteiger partial charge < -0.3 is 26.2 Å². The molecule has 0 fully saturated rings. The molecule has 0 bridgehead atoms. The summed E-state index contributed by atoms with van der Waals surface area (Å²) in [6, 6.07) is 15.0. The van der Waals surface area contributed by atoms with Gasteiger partial charge in [0.05, 0.1) is 11.4 Å². The molecule has 0 aliphatic carbocycles. The number of anilines is 2. The summed E-state index contributed by atoms with van der Waals surface area (Å²) in [7, 11) is 0. The smallest absolute Gasteiger partial charge is 0.405 e. The number of thiazole rings is 1. The largest absolute Gasteiger partial charge is 0.460 e. The van der Waals surface area contributed by atoms with Crippen LogP contribution in [0.1, 0.15) is 34.7 Å². The molecule has 4 rings (SSSR count). The van der Waals surface area contributed by atoms with Gasteiger partial charge in [0.1, 0.15) is 5.00 Å². The van der Waals surface area contributed by atoms with E-state index in [4.69, 9.17) is 21.0 Å². The van der Waals surface area contributed by atoms with E-state index in [0.29, 0.717) is 35.4 Å². The van der Waals surface area contributed by atoms with Crippen molar-refractivity contribution in [3.8, 4) is 0 Å². The van der Waals surface area contributed by atoms with Crippen molar-refractivity contribution in [1.29, 1.82) is 5.41 Å². The number of aliphatic imine (C=N–C) groups is 2. The number of aromatic nitrogens is 1. The number of benzodiazepines with no additional fused rings is 1. The number of halogens is 5. The minimum Gasteiger partial charge on any atom is -0.405 e. The molecule has 1 aliphatic rings. The lowest BCUT2D eigenvalue weighted by Crippen LogP contribution is -2.33. The predicted octanol–water partition coefficient (Wildman–Crippen LogP) is 4.45. The molecule has 1 atom stereocenters. The lowest BCUT2D eigenvalue weighted by Gasteiger charge is -2.16. The molecule has 0 radical (unpaired) electrons. The van der Waals surface area contributed by atoms with Gasteiger partial charge in [-0.3, -0.25) is 10.2 Å². The van der Waals surface area contributed by atoms with Crippen LogP contribution in [0.4, 0.5) is 32.6 Å². The fraction of sp³-hybridized carbons (Fsp3) is 0.269. The maximum absolute atomic E-state index is 14.0. The number of para-hydroxylation sites is 1. The second-order valence-electron chi connectivity index (χ2n) is 8.78. The minimum absolute atomic E-state index is 0.00576. The number of carbonyl (C=O) groups excluding carboxylic acids is 1. The van der Waals surface area contributed by atoms with Gasteiger partial charge >= 0.3 is 12.1 Å². The topological polar surface area (TPSA) is 158 Å². The van der Waals surface area contributed by atoms with Crippen molar-refractivity contribution in [2.45, 2.75) is 31.1 Å². The fourth-order valence-electron chi connectivity index (χ4n) is 3.75. The molecule has 1 unspecified atom stereocenters. The van der Waals surface area contributed by atoms with Crippen LogP contribution >= 0.6 is 11.3 Å². The van der Waals surface area contributed by atoms with E-state index in [9.17, 15) is 26.7 Å². The molecule has 16 heteroatoms. The number of hydrogen-bond donors (Lipinski definition) is 5. The first-order valence-corrected chi connectivity index (χ1v) is 13.2. The van der Waals surface area contributed by atoms with Crippen molar-refractivity contribution >= 4 is 45.6 Å². The van der Waals surface area contributed by atoms with Crippen LogP contribution in [-0.2, 0) is 15.5 Å². The third-order valence-corrected chi connectivity index (χ3v) is 6.85. The van der Waals surface area contributed by atoms with Gasteiger partial charge in [0, 0.05) is 24.3 Å². The zero-order valence-corrected chi connectivity index (χ0v) is 22.4. The Bertz CT molecular complexity index is 1510. The summed E-state index contributed by atoms with van der Waals surface area (Å²) in [5.41, 5.74) is 7.26. The molecule has 0 saturated heterocycles. The number of carbonyl (C=O) groups is 1. The monoisotopic (exact) mass is 609 g/mol. The Labute approximate surface area is 239 Å². The number of ether oxygens (including phenoxy) is 1. The van der Waals surface area contributed by atoms with E-state index in [-0.39, 0.29) is 29.5 Å². The Hall–Kier alpha value is -4.44. The van der Waals surface area contributed by atoms with Gasteiger partial charge in [0.2, 0.25) is 12.1 Å². The molecule has 2 heterocycles. The number of hydrogen-bond acceptors (Lipinski definition) is 9. The average Bonchev–Trinajstić information content (AvgIpc) is 3.33. The highest BCUT2D eigenvalue weighted by Crippen LogP contribution is 2.46. The zero-order valence-electron chi connectivity index (χ0n) is 21.6. The number of amidine groups is 1. The summed E-state index contributed by atoms with van der Waals surface area (Å²) < 4.78 is 72.2. The van der Waals surface area contributed by atoms with Crippen molar-refractivity contribution in [3.63, 3.8) is 0 Å². The Morgan fingerprint density at radius 1 is 1.12 bits per heavy atom. The highest BCUT2D eigenvalue weighted by molar-refractivity contribution is 7.16. The summed E-state index contributed by atoms with van der Waals surface area (Å²) in [4.78, 5) is 24.7. The number of nitrogens with zero attached hydrogens (tertiary/aromatic N) is 3. The molecule has 0 spiro atoms. The Kier molecular flexibility index (Phi) is 9.16. The van der Waals surface area contributed by atoms with Gasteiger partial charge in [-0.2, -0.15) is 26.9 Å². The average molecular weight is 610 g/mol. The molecule has 6 N–H and O–H groups in total. The molecule has 0 saturated carbocycles. The summed E-state index contributed by atoms with van der Waals surface area (Å²) in [5, 5.41) is 20.5. The van der Waals surface area contributed by atoms with Crippen LogP contribution in [-0.4, -0.2) is 59.1 Å². The Balaban J connectivity index is 1.64. The van der Waals surface area contributed by atoms with Crippen LogP contribution in [0.3, 0.4) is 0 Å². The van der Waals surface area contributed by atoms with Crippen molar-refractivity contribution in [2.75, 3.05) is 23.8 Å². The number of benzene rings is 2. The molecular formula is C26H24F5N7O3S. The number of rotatable bonds is 9. The van der Waals surface area contributed by atoms with E-state index in [0.717, 1.165) is 0 Å². The second kappa shape index (κ2) is 12.6. The maximum atomic E-state index is 14.0. The van der Waals surface area contributed by atoms with Crippen LogP contribution in [0.2, 0.25) is 0 Å². The van der Waals surface area contributed by atoms with Gasteiger partial charge in [-0.1, -0.05) is 59.9 Å². The lowest BCUT2D eigenvalue weighted by atomic mass is 10.0. The second-order valence-corrected chi connectivity index (χ2v) is 9.78. The van der Waals surface area contributed by atoms with Gasteiger partial charge in [-0.05, 0) is 18.9 Å². The molecule has 1 aliphatic heterocycles. The van der Waals surface area contributed by atoms with Crippen LogP contribution in [0, 0.1) is 5.41 Å². The number of fused-ring (bicyclic) bond motifs is 1. The quantitative estimate of drug-likeness (QED) is 0.104. The molecular weight excluding hydrogens is 585 g/mol. The summed E-state index contributed by atoms with van der Waals surface area (Å²) in [6.07, 6.45) is -6.76. The number of aliphatic hydroxyl groups excluding tert-OH is 1. The van der Waals surface area contributed by atoms with E-state index in [1.54, 1.807) is 54.6 Å². The van der Waals surface area contributed by atoms with Crippen LogP contribution in [0.15, 0.2) is 64.6 Å². The van der Waals surface area contributed by atoms with Gasteiger partial charge in [0.25, 0.3) is 11.9 Å². The van der Waals surface area contributed by atoms with Crippen molar-refractivity contribution in [2.24, 2.45) is 15.7 Å². The minimum atomic E-state index is -5.93. The normalized spacial score (nSPS) is 15.8. The molecule has 1 aromatic heterocycles. The van der Waals surface area contributed by atoms with Gasteiger partial charge in [-0.15, -0.1) is 0 Å². The molecule has 10 nitrogen and oxygen atoms in total. The molecule has 222 valence electrons. The maximum Gasteiger partial charge on any atom is 0.460 e.